The third-order valence-electron chi connectivity index (χ3n) is 3.63. The number of aryl methyl sites for hydroxylation is 1. The van der Waals surface area contributed by atoms with Crippen LogP contribution in [0.4, 0.5) is 5.88 Å². The first kappa shape index (κ1) is 14.6. The minimum atomic E-state index is -0.233. The molecule has 1 aromatic heterocycles. The lowest BCUT2D eigenvalue weighted by Gasteiger charge is -2.25. The van der Waals surface area contributed by atoms with Gasteiger partial charge in [0, 0.05) is 25.7 Å². The van der Waals surface area contributed by atoms with Gasteiger partial charge in [-0.05, 0) is 12.5 Å². The van der Waals surface area contributed by atoms with Crippen LogP contribution in [0, 0.1) is 6.92 Å². The van der Waals surface area contributed by atoms with Crippen LogP contribution in [0.25, 0.3) is 0 Å². The Kier molecular flexibility index (Phi) is 4.39. The second-order valence-corrected chi connectivity index (χ2v) is 5.32. The largest absolute Gasteiger partial charge is 0.378 e. The van der Waals surface area contributed by atoms with Crippen molar-refractivity contribution in [3.05, 3.63) is 47.2 Å². The molecule has 0 aliphatic carbocycles. The summed E-state index contributed by atoms with van der Waals surface area (Å²) in [4.78, 5) is 14.1. The highest BCUT2D eigenvalue weighted by molar-refractivity contribution is 5.92. The van der Waals surface area contributed by atoms with Crippen LogP contribution < -0.4 is 10.2 Å². The number of anilines is 1. The molecule has 1 N–H and O–H groups in total. The molecule has 0 spiro atoms. The van der Waals surface area contributed by atoms with E-state index < -0.39 is 0 Å². The highest BCUT2D eigenvalue weighted by Crippen LogP contribution is 2.17. The van der Waals surface area contributed by atoms with Gasteiger partial charge in [0.2, 0.25) is 5.88 Å². The molecule has 22 heavy (non-hydrogen) atoms. The van der Waals surface area contributed by atoms with E-state index in [1.165, 1.54) is 5.56 Å². The van der Waals surface area contributed by atoms with E-state index in [9.17, 15) is 4.79 Å². The summed E-state index contributed by atoms with van der Waals surface area (Å²) in [6.07, 6.45) is 0. The maximum absolute atomic E-state index is 12.1. The Bertz CT molecular complexity index is 630. The van der Waals surface area contributed by atoms with Crippen molar-refractivity contribution in [2.75, 3.05) is 31.2 Å². The fraction of sp³-hybridized carbons (Fsp3) is 0.375. The molecule has 0 atom stereocenters. The van der Waals surface area contributed by atoms with E-state index in [4.69, 9.17) is 9.26 Å². The Morgan fingerprint density at radius 2 is 2.00 bits per heavy atom. The van der Waals surface area contributed by atoms with Gasteiger partial charge in [-0.25, -0.2) is 0 Å². The zero-order valence-electron chi connectivity index (χ0n) is 12.5. The zero-order valence-corrected chi connectivity index (χ0v) is 12.5. The van der Waals surface area contributed by atoms with E-state index >= 15 is 0 Å². The van der Waals surface area contributed by atoms with Gasteiger partial charge in [0.05, 0.1) is 13.2 Å². The Balaban J connectivity index is 1.58. The van der Waals surface area contributed by atoms with Crippen LogP contribution in [0.1, 0.15) is 21.6 Å². The van der Waals surface area contributed by atoms with Gasteiger partial charge in [0.15, 0.2) is 5.69 Å². The van der Waals surface area contributed by atoms with E-state index in [0.717, 1.165) is 18.7 Å². The highest BCUT2D eigenvalue weighted by atomic mass is 16.5. The van der Waals surface area contributed by atoms with Crippen LogP contribution in [-0.2, 0) is 11.3 Å². The number of hydrogen-bond donors (Lipinski definition) is 1. The molecule has 6 heteroatoms. The number of benzene rings is 1. The van der Waals surface area contributed by atoms with Crippen molar-refractivity contribution < 1.29 is 14.1 Å². The Morgan fingerprint density at radius 3 is 2.73 bits per heavy atom. The van der Waals surface area contributed by atoms with Crippen molar-refractivity contribution in [3.63, 3.8) is 0 Å². The Labute approximate surface area is 129 Å². The van der Waals surface area contributed by atoms with Crippen molar-refractivity contribution in [1.82, 2.24) is 10.5 Å². The monoisotopic (exact) mass is 301 g/mol. The second kappa shape index (κ2) is 6.62. The van der Waals surface area contributed by atoms with E-state index in [1.807, 2.05) is 36.1 Å². The molecule has 0 bridgehead atoms. The predicted molar refractivity (Wildman–Crippen MR) is 81.9 cm³/mol. The normalized spacial score (nSPS) is 14.9. The fourth-order valence-electron chi connectivity index (χ4n) is 2.28. The molecule has 1 aliphatic heterocycles. The van der Waals surface area contributed by atoms with Gasteiger partial charge >= 0.3 is 0 Å². The quantitative estimate of drug-likeness (QED) is 0.932. The standard InChI is InChI=1S/C16H19N3O3/c1-12-2-4-13(5-3-12)11-17-16(20)14-10-15(22-18-14)19-6-8-21-9-7-19/h2-5,10H,6-9,11H2,1H3,(H,17,20). The van der Waals surface area contributed by atoms with Gasteiger partial charge in [-0.2, -0.15) is 0 Å². The van der Waals surface area contributed by atoms with Crippen LogP contribution >= 0.6 is 0 Å². The summed E-state index contributed by atoms with van der Waals surface area (Å²) in [6, 6.07) is 9.72. The van der Waals surface area contributed by atoms with Crippen molar-refractivity contribution in [2.24, 2.45) is 0 Å². The lowest BCUT2D eigenvalue weighted by Crippen LogP contribution is -2.35. The molecule has 1 saturated heterocycles. The van der Waals surface area contributed by atoms with Crippen molar-refractivity contribution in [2.45, 2.75) is 13.5 Å². The number of hydrogen-bond acceptors (Lipinski definition) is 5. The summed E-state index contributed by atoms with van der Waals surface area (Å²) in [5, 5.41) is 6.69. The van der Waals surface area contributed by atoms with Crippen LogP contribution in [0.3, 0.4) is 0 Å². The lowest BCUT2D eigenvalue weighted by atomic mass is 10.1. The molecule has 0 radical (unpaired) electrons. The first-order chi connectivity index (χ1) is 10.7. The van der Waals surface area contributed by atoms with Crippen LogP contribution in [-0.4, -0.2) is 37.4 Å². The highest BCUT2D eigenvalue weighted by Gasteiger charge is 2.18. The maximum atomic E-state index is 12.1. The number of rotatable bonds is 4. The first-order valence-electron chi connectivity index (χ1n) is 7.35. The third kappa shape index (κ3) is 3.46. The average molecular weight is 301 g/mol. The molecule has 1 fully saturated rings. The molecule has 2 heterocycles. The SMILES string of the molecule is Cc1ccc(CNC(=O)c2cc(N3CCOCC3)on2)cc1. The number of ether oxygens (including phenoxy) is 1. The fourth-order valence-corrected chi connectivity index (χ4v) is 2.28. The first-order valence-corrected chi connectivity index (χ1v) is 7.35. The molecule has 1 aromatic carbocycles. The maximum Gasteiger partial charge on any atom is 0.273 e. The number of nitrogens with one attached hydrogen (secondary N) is 1. The van der Waals surface area contributed by atoms with Gasteiger partial charge in [0.25, 0.3) is 5.91 Å². The molecule has 6 nitrogen and oxygen atoms in total. The molecule has 3 rings (SSSR count). The number of carbonyl (C=O) groups is 1. The van der Waals surface area contributed by atoms with E-state index in [-0.39, 0.29) is 5.91 Å². The van der Waals surface area contributed by atoms with Crippen molar-refractivity contribution in [1.29, 1.82) is 0 Å². The Hall–Kier alpha value is -2.34. The predicted octanol–water partition coefficient (Wildman–Crippen LogP) is 1.75. The summed E-state index contributed by atoms with van der Waals surface area (Å²) in [5.74, 6) is 0.382. The van der Waals surface area contributed by atoms with Crippen LogP contribution in [0.2, 0.25) is 0 Å². The van der Waals surface area contributed by atoms with Gasteiger partial charge in [-0.3, -0.25) is 4.79 Å². The molecule has 116 valence electrons. The number of morpholine rings is 1. The third-order valence-corrected chi connectivity index (χ3v) is 3.63. The minimum absolute atomic E-state index is 0.233. The second-order valence-electron chi connectivity index (χ2n) is 5.32. The molecule has 1 aliphatic rings. The van der Waals surface area contributed by atoms with E-state index in [2.05, 4.69) is 10.5 Å². The zero-order chi connectivity index (χ0) is 15.4. The summed E-state index contributed by atoms with van der Waals surface area (Å²) in [5.41, 5.74) is 2.55. The molecule has 0 saturated carbocycles. The van der Waals surface area contributed by atoms with Gasteiger partial charge in [-0.15, -0.1) is 0 Å². The smallest absolute Gasteiger partial charge is 0.273 e. The summed E-state index contributed by atoms with van der Waals surface area (Å²) in [6.45, 7) is 5.33. The summed E-state index contributed by atoms with van der Waals surface area (Å²) >= 11 is 0. The van der Waals surface area contributed by atoms with Gasteiger partial charge in [-0.1, -0.05) is 35.0 Å². The number of carbonyl (C=O) groups excluding carboxylic acids is 1. The van der Waals surface area contributed by atoms with Crippen molar-refractivity contribution >= 4 is 11.8 Å². The topological polar surface area (TPSA) is 67.6 Å². The molecule has 1 amide bonds. The van der Waals surface area contributed by atoms with Crippen LogP contribution in [0.15, 0.2) is 34.9 Å². The number of nitrogens with zero attached hydrogens (tertiary/aromatic N) is 2. The summed E-state index contributed by atoms with van der Waals surface area (Å²) in [7, 11) is 0. The van der Waals surface area contributed by atoms with Gasteiger partial charge in [0.1, 0.15) is 0 Å². The molecular weight excluding hydrogens is 282 g/mol. The lowest BCUT2D eigenvalue weighted by molar-refractivity contribution is 0.0941. The minimum Gasteiger partial charge on any atom is -0.378 e. The van der Waals surface area contributed by atoms with Crippen molar-refractivity contribution in [3.8, 4) is 0 Å². The summed E-state index contributed by atoms with van der Waals surface area (Å²) < 4.78 is 10.5. The molecule has 0 unspecified atom stereocenters. The van der Waals surface area contributed by atoms with Crippen LogP contribution in [0.5, 0.6) is 0 Å². The number of amides is 1. The molecule has 2 aromatic rings. The Morgan fingerprint density at radius 1 is 1.27 bits per heavy atom. The van der Waals surface area contributed by atoms with Gasteiger partial charge < -0.3 is 19.5 Å². The molecular formula is C16H19N3O3. The number of aromatic nitrogens is 1. The average Bonchev–Trinajstić information content (AvgIpc) is 3.05. The van der Waals surface area contributed by atoms with E-state index in [0.29, 0.717) is 31.3 Å². The van der Waals surface area contributed by atoms with E-state index in [1.54, 1.807) is 6.07 Å².